The third-order valence-corrected chi connectivity index (χ3v) is 11.1. The summed E-state index contributed by atoms with van der Waals surface area (Å²) in [5.74, 6) is 2.66. The van der Waals surface area contributed by atoms with E-state index in [-0.39, 0.29) is 19.9 Å². The molecule has 19 heteroatoms. The first-order valence-corrected chi connectivity index (χ1v) is 20.2. The molecule has 17 nitrogen and oxygen atoms in total. The number of nitriles is 1. The Labute approximate surface area is 301 Å². The van der Waals surface area contributed by atoms with E-state index >= 15 is 0 Å². The van der Waals surface area contributed by atoms with Crippen molar-refractivity contribution in [3.63, 3.8) is 0 Å². The first kappa shape index (κ1) is 35.8. The Hall–Kier alpha value is -4.58. The number of benzene rings is 1. The second-order valence-electron chi connectivity index (χ2n) is 13.3. The number of ether oxygens (including phenoxy) is 3. The van der Waals surface area contributed by atoms with Gasteiger partial charge in [0.2, 0.25) is 12.7 Å². The van der Waals surface area contributed by atoms with Crippen molar-refractivity contribution in [1.29, 1.82) is 5.26 Å². The van der Waals surface area contributed by atoms with Gasteiger partial charge in [-0.2, -0.15) is 22.1 Å². The largest absolute Gasteiger partial charge is 0.454 e. The Morgan fingerprint density at radius 1 is 0.769 bits per heavy atom. The molecule has 6 heterocycles. The number of aromatic nitrogens is 3. The van der Waals surface area contributed by atoms with Crippen LogP contribution in [0.5, 0.6) is 23.1 Å². The Balaban J connectivity index is 1.16. The molecule has 0 amide bonds. The van der Waals surface area contributed by atoms with Crippen molar-refractivity contribution < 1.29 is 31.0 Å². The highest BCUT2D eigenvalue weighted by atomic mass is 32.2. The highest BCUT2D eigenvalue weighted by Crippen LogP contribution is 2.45. The lowest BCUT2D eigenvalue weighted by Crippen LogP contribution is -2.37. The molecular weight excluding hydrogens is 713 g/mol. The van der Waals surface area contributed by atoms with Gasteiger partial charge in [-0.1, -0.05) is 0 Å². The number of nitrogens with one attached hydrogen (secondary N) is 2. The van der Waals surface area contributed by atoms with Crippen molar-refractivity contribution in [2.75, 3.05) is 55.9 Å². The summed E-state index contributed by atoms with van der Waals surface area (Å²) in [5.41, 5.74) is 3.35. The number of nitrogens with two attached hydrogens (primary N) is 2. The fraction of sp³-hybridized carbons (Fsp3) is 0.455. The highest BCUT2D eigenvalue weighted by Gasteiger charge is 2.28. The second kappa shape index (κ2) is 14.8. The van der Waals surface area contributed by atoms with Gasteiger partial charge in [0, 0.05) is 68.4 Å². The average Bonchev–Trinajstić information content (AvgIpc) is 3.57. The van der Waals surface area contributed by atoms with Crippen molar-refractivity contribution in [2.45, 2.75) is 38.5 Å². The van der Waals surface area contributed by atoms with Crippen LogP contribution >= 0.6 is 0 Å². The molecular formula is C33H40N10O7S2. The molecule has 0 bridgehead atoms. The van der Waals surface area contributed by atoms with Crippen LogP contribution < -0.4 is 43.7 Å². The predicted molar refractivity (Wildman–Crippen MR) is 194 cm³/mol. The summed E-state index contributed by atoms with van der Waals surface area (Å²) < 4.78 is 67.9. The first-order valence-electron chi connectivity index (χ1n) is 17.1. The zero-order valence-corrected chi connectivity index (χ0v) is 30.0. The standard InChI is InChI=1S/C33H40N10O7S2/c34-16-23-17-37-27-18-39-31(14-25(27)32(23)42-9-3-21(4-10-42)1-7-40-51(35,44)45)50-30-19-38-26-15-29-28(48-20-49-29)13-24(26)33(30)43-11-5-22(6-12-43)2-8-41-52(36,46)47/h13-15,17-19,21-22,40-41H,1-12,20H2,(H2,35,44,45)(H2,36,46,47). The topological polar surface area (TPSA) is 241 Å². The molecule has 0 atom stereocenters. The summed E-state index contributed by atoms with van der Waals surface area (Å²) in [6.07, 6.45) is 9.53. The number of anilines is 2. The smallest absolute Gasteiger partial charge is 0.274 e. The lowest BCUT2D eigenvalue weighted by molar-refractivity contribution is 0.174. The number of piperidine rings is 2. The van der Waals surface area contributed by atoms with Crippen LogP contribution in [-0.4, -0.2) is 77.8 Å². The molecule has 0 aliphatic carbocycles. The second-order valence-corrected chi connectivity index (χ2v) is 16.0. The molecule has 3 aliphatic heterocycles. The molecule has 7 rings (SSSR count). The van der Waals surface area contributed by atoms with Crippen molar-refractivity contribution in [3.05, 3.63) is 42.4 Å². The predicted octanol–water partition coefficient (Wildman–Crippen LogP) is 2.37. The zero-order valence-electron chi connectivity index (χ0n) is 28.3. The van der Waals surface area contributed by atoms with Gasteiger partial charge in [0.1, 0.15) is 6.07 Å². The van der Waals surface area contributed by atoms with Gasteiger partial charge in [0.15, 0.2) is 17.2 Å². The minimum absolute atomic E-state index is 0.123. The number of pyridine rings is 3. The van der Waals surface area contributed by atoms with E-state index < -0.39 is 20.4 Å². The molecule has 0 radical (unpaired) electrons. The normalized spacial score (nSPS) is 17.2. The monoisotopic (exact) mass is 752 g/mol. The lowest BCUT2D eigenvalue weighted by Gasteiger charge is -2.35. The van der Waals surface area contributed by atoms with Crippen LogP contribution in [0.15, 0.2) is 36.8 Å². The summed E-state index contributed by atoms with van der Waals surface area (Å²) in [4.78, 5) is 18.2. The van der Waals surface area contributed by atoms with Crippen molar-refractivity contribution >= 4 is 53.6 Å². The number of rotatable bonds is 12. The van der Waals surface area contributed by atoms with Crippen molar-refractivity contribution in [3.8, 4) is 29.2 Å². The third kappa shape index (κ3) is 8.22. The molecule has 0 unspecified atom stereocenters. The molecule has 0 saturated carbocycles. The van der Waals surface area contributed by atoms with E-state index in [1.165, 1.54) is 0 Å². The maximum Gasteiger partial charge on any atom is 0.274 e. The van der Waals surface area contributed by atoms with Gasteiger partial charge in [-0.3, -0.25) is 9.97 Å². The quantitative estimate of drug-likeness (QED) is 0.163. The van der Waals surface area contributed by atoms with Crippen LogP contribution in [0.2, 0.25) is 0 Å². The minimum Gasteiger partial charge on any atom is -0.454 e. The minimum atomic E-state index is -3.74. The van der Waals surface area contributed by atoms with Gasteiger partial charge >= 0.3 is 0 Å². The van der Waals surface area contributed by atoms with E-state index in [1.54, 1.807) is 24.7 Å². The molecule has 4 aromatic rings. The summed E-state index contributed by atoms with van der Waals surface area (Å²) in [5, 5.41) is 21.8. The SMILES string of the molecule is N#Cc1cnc2cnc(Oc3cnc4cc5c(cc4c3N3CCC(CCNS(N)(=O)=O)CC3)OCO5)cc2c1N1CCC(CCNS(N)(=O)=O)CC1. The Morgan fingerprint density at radius 3 is 1.92 bits per heavy atom. The molecule has 3 aromatic heterocycles. The zero-order chi connectivity index (χ0) is 36.5. The van der Waals surface area contributed by atoms with Crippen molar-refractivity contribution in [2.24, 2.45) is 22.1 Å². The van der Waals surface area contributed by atoms with E-state index in [0.717, 1.165) is 47.8 Å². The number of hydrogen-bond donors (Lipinski definition) is 4. The molecule has 3 aliphatic rings. The van der Waals surface area contributed by atoms with Gasteiger partial charge < -0.3 is 24.0 Å². The van der Waals surface area contributed by atoms with E-state index in [2.05, 4.69) is 35.3 Å². The first-order chi connectivity index (χ1) is 24.9. The van der Waals surface area contributed by atoms with Crippen LogP contribution in [0.4, 0.5) is 11.4 Å². The van der Waals surface area contributed by atoms with E-state index in [4.69, 9.17) is 29.5 Å². The van der Waals surface area contributed by atoms with Crippen LogP contribution in [0.3, 0.4) is 0 Å². The van der Waals surface area contributed by atoms with E-state index in [1.807, 2.05) is 12.1 Å². The number of hydrogen-bond acceptors (Lipinski definition) is 13. The Morgan fingerprint density at radius 2 is 1.33 bits per heavy atom. The Kier molecular flexibility index (Phi) is 10.2. The van der Waals surface area contributed by atoms with Gasteiger partial charge in [0.25, 0.3) is 20.4 Å². The number of fused-ring (bicyclic) bond motifs is 3. The van der Waals surface area contributed by atoms with Crippen LogP contribution in [0.1, 0.15) is 44.1 Å². The fourth-order valence-electron chi connectivity index (χ4n) is 7.30. The maximum absolute atomic E-state index is 11.3. The average molecular weight is 753 g/mol. The van der Waals surface area contributed by atoms with E-state index in [0.29, 0.717) is 90.6 Å². The van der Waals surface area contributed by atoms with Crippen LogP contribution in [-0.2, 0) is 20.4 Å². The molecule has 276 valence electrons. The number of nitrogens with zero attached hydrogens (tertiary/aromatic N) is 6. The fourth-order valence-corrected chi connectivity index (χ4v) is 8.11. The molecule has 2 saturated heterocycles. The van der Waals surface area contributed by atoms with Gasteiger partial charge in [-0.25, -0.2) is 24.7 Å². The molecule has 0 spiro atoms. The van der Waals surface area contributed by atoms with Crippen LogP contribution in [0, 0.1) is 23.2 Å². The van der Waals surface area contributed by atoms with Gasteiger partial charge in [-0.15, -0.1) is 0 Å². The summed E-state index contributed by atoms with van der Waals surface area (Å²) in [7, 11) is -7.47. The summed E-state index contributed by atoms with van der Waals surface area (Å²) in [6.45, 7) is 3.44. The molecule has 2 fully saturated rings. The molecule has 1 aromatic carbocycles. The summed E-state index contributed by atoms with van der Waals surface area (Å²) >= 11 is 0. The summed E-state index contributed by atoms with van der Waals surface area (Å²) in [6, 6.07) is 7.87. The van der Waals surface area contributed by atoms with Crippen molar-refractivity contribution in [1.82, 2.24) is 24.4 Å². The van der Waals surface area contributed by atoms with Crippen LogP contribution in [0.25, 0.3) is 21.8 Å². The Bertz CT molecular complexity index is 2240. The van der Waals surface area contributed by atoms with Gasteiger partial charge in [0.05, 0.1) is 40.4 Å². The molecule has 6 N–H and O–H groups in total. The lowest BCUT2D eigenvalue weighted by atomic mass is 9.93. The third-order valence-electron chi connectivity index (χ3n) is 9.91. The molecule has 52 heavy (non-hydrogen) atoms. The van der Waals surface area contributed by atoms with Gasteiger partial charge in [-0.05, 0) is 56.4 Å². The maximum atomic E-state index is 11.3. The highest BCUT2D eigenvalue weighted by molar-refractivity contribution is 7.87. The van der Waals surface area contributed by atoms with E-state index in [9.17, 15) is 22.1 Å².